The number of guanidine groups is 1. The van der Waals surface area contributed by atoms with Gasteiger partial charge in [0.25, 0.3) is 5.91 Å². The Kier molecular flexibility index (Phi) is 6.62. The molecule has 0 aliphatic carbocycles. The molecule has 0 radical (unpaired) electrons. The van der Waals surface area contributed by atoms with Gasteiger partial charge in [0.1, 0.15) is 12.3 Å². The molecule has 0 fully saturated rings. The topological polar surface area (TPSA) is 92.6 Å². The van der Waals surface area contributed by atoms with Crippen LogP contribution in [-0.4, -0.2) is 25.0 Å². The van der Waals surface area contributed by atoms with Crippen LogP contribution in [0, 0.1) is 6.92 Å². The molecule has 6 heteroatoms. The number of primary amides is 1. The summed E-state index contributed by atoms with van der Waals surface area (Å²) in [4.78, 5) is 15.5. The first-order valence-electron chi connectivity index (χ1n) is 8.46. The Morgan fingerprint density at radius 3 is 2.52 bits per heavy atom. The van der Waals surface area contributed by atoms with Gasteiger partial charge in [0.2, 0.25) is 0 Å². The maximum absolute atomic E-state index is 11.1. The minimum absolute atomic E-state index is 0.149. The second-order valence-electron chi connectivity index (χ2n) is 6.02. The average Bonchev–Trinajstić information content (AvgIpc) is 3.07. The fourth-order valence-electron chi connectivity index (χ4n) is 2.36. The van der Waals surface area contributed by atoms with Gasteiger partial charge in [-0.05, 0) is 37.5 Å². The smallest absolute Gasteiger partial charge is 0.284 e. The molecular weight excluding hydrogens is 316 g/mol. The van der Waals surface area contributed by atoms with Gasteiger partial charge in [-0.3, -0.25) is 4.79 Å². The van der Waals surface area contributed by atoms with Crippen molar-refractivity contribution < 1.29 is 9.21 Å². The number of carbonyl (C=O) groups is 1. The minimum Gasteiger partial charge on any atom is -0.454 e. The second-order valence-corrected chi connectivity index (χ2v) is 6.02. The Labute approximate surface area is 148 Å². The van der Waals surface area contributed by atoms with Gasteiger partial charge in [0, 0.05) is 13.1 Å². The highest BCUT2D eigenvalue weighted by molar-refractivity contribution is 5.89. The van der Waals surface area contributed by atoms with E-state index in [4.69, 9.17) is 10.2 Å². The predicted molar refractivity (Wildman–Crippen MR) is 99.6 cm³/mol. The number of nitrogens with two attached hydrogens (primary N) is 1. The number of hydrogen-bond donors (Lipinski definition) is 3. The van der Waals surface area contributed by atoms with Crippen LogP contribution < -0.4 is 16.4 Å². The SMILES string of the molecule is CCNC(=NCc1ccc(C(N)=O)o1)NCC(C)c1ccc(C)cc1. The Hall–Kier alpha value is -2.76. The maximum atomic E-state index is 11.1. The largest absolute Gasteiger partial charge is 0.454 e. The van der Waals surface area contributed by atoms with Gasteiger partial charge in [-0.2, -0.15) is 0 Å². The summed E-state index contributed by atoms with van der Waals surface area (Å²) in [6, 6.07) is 11.8. The molecule has 0 bridgehead atoms. The molecule has 25 heavy (non-hydrogen) atoms. The van der Waals surface area contributed by atoms with Gasteiger partial charge in [0.15, 0.2) is 11.7 Å². The monoisotopic (exact) mass is 342 g/mol. The number of benzene rings is 1. The number of nitrogens with one attached hydrogen (secondary N) is 2. The first kappa shape index (κ1) is 18.6. The number of nitrogens with zero attached hydrogens (tertiary/aromatic N) is 1. The summed E-state index contributed by atoms with van der Waals surface area (Å²) in [7, 11) is 0. The summed E-state index contributed by atoms with van der Waals surface area (Å²) in [5.74, 6) is 1.23. The lowest BCUT2D eigenvalue weighted by Gasteiger charge is -2.16. The van der Waals surface area contributed by atoms with Gasteiger partial charge in [0.05, 0.1) is 0 Å². The van der Waals surface area contributed by atoms with E-state index in [0.29, 0.717) is 24.2 Å². The van der Waals surface area contributed by atoms with E-state index in [1.54, 1.807) is 12.1 Å². The number of rotatable bonds is 7. The van der Waals surface area contributed by atoms with Gasteiger partial charge in [-0.15, -0.1) is 0 Å². The molecule has 2 rings (SSSR count). The van der Waals surface area contributed by atoms with Gasteiger partial charge >= 0.3 is 0 Å². The molecule has 0 aliphatic heterocycles. The molecule has 0 saturated carbocycles. The number of aryl methyl sites for hydroxylation is 1. The molecule has 1 atom stereocenters. The molecular formula is C19H26N4O2. The molecule has 0 spiro atoms. The van der Waals surface area contributed by atoms with Crippen LogP contribution in [-0.2, 0) is 6.54 Å². The number of carbonyl (C=O) groups excluding carboxylic acids is 1. The van der Waals surface area contributed by atoms with Crippen LogP contribution in [0.4, 0.5) is 0 Å². The molecule has 0 saturated heterocycles. The van der Waals surface area contributed by atoms with Crippen LogP contribution in [0.5, 0.6) is 0 Å². The average molecular weight is 342 g/mol. The summed E-state index contributed by atoms with van der Waals surface area (Å²) < 4.78 is 5.34. The molecule has 134 valence electrons. The van der Waals surface area contributed by atoms with Crippen molar-refractivity contribution in [1.29, 1.82) is 0 Å². The first-order valence-corrected chi connectivity index (χ1v) is 8.46. The van der Waals surface area contributed by atoms with E-state index in [0.717, 1.165) is 13.1 Å². The highest BCUT2D eigenvalue weighted by atomic mass is 16.3. The van der Waals surface area contributed by atoms with E-state index in [1.165, 1.54) is 11.1 Å². The zero-order chi connectivity index (χ0) is 18.2. The third-order valence-corrected chi connectivity index (χ3v) is 3.86. The first-order chi connectivity index (χ1) is 12.0. The molecule has 2 aromatic rings. The van der Waals surface area contributed by atoms with Gasteiger partial charge < -0.3 is 20.8 Å². The van der Waals surface area contributed by atoms with E-state index in [2.05, 4.69) is 53.7 Å². The Balaban J connectivity index is 1.94. The number of furan rings is 1. The third-order valence-electron chi connectivity index (χ3n) is 3.86. The highest BCUT2D eigenvalue weighted by Crippen LogP contribution is 2.14. The van der Waals surface area contributed by atoms with Crippen molar-refractivity contribution in [3.05, 3.63) is 59.0 Å². The van der Waals surface area contributed by atoms with Crippen molar-refractivity contribution in [3.63, 3.8) is 0 Å². The van der Waals surface area contributed by atoms with Gasteiger partial charge in [-0.1, -0.05) is 36.8 Å². The molecule has 1 aromatic carbocycles. The normalized spacial score (nSPS) is 12.7. The van der Waals surface area contributed by atoms with Crippen LogP contribution in [0.15, 0.2) is 45.8 Å². The molecule has 4 N–H and O–H groups in total. The summed E-state index contributed by atoms with van der Waals surface area (Å²) in [5, 5.41) is 6.54. The van der Waals surface area contributed by atoms with Crippen LogP contribution in [0.1, 0.15) is 47.2 Å². The van der Waals surface area contributed by atoms with Crippen molar-refractivity contribution >= 4 is 11.9 Å². The third kappa shape index (κ3) is 5.67. The fourth-order valence-corrected chi connectivity index (χ4v) is 2.36. The molecule has 1 unspecified atom stereocenters. The van der Waals surface area contributed by atoms with E-state index >= 15 is 0 Å². The number of hydrogen-bond acceptors (Lipinski definition) is 3. The molecule has 1 heterocycles. The standard InChI is InChI=1S/C19H26N4O2/c1-4-21-19(23-12-16-9-10-17(25-16)18(20)24)22-11-14(3)15-7-5-13(2)6-8-15/h5-10,14H,4,11-12H2,1-3H3,(H2,20,24)(H2,21,22,23). The lowest BCUT2D eigenvalue weighted by atomic mass is 10.0. The second kappa shape index (κ2) is 8.92. The summed E-state index contributed by atoms with van der Waals surface area (Å²) >= 11 is 0. The van der Waals surface area contributed by atoms with Crippen molar-refractivity contribution in [3.8, 4) is 0 Å². The molecule has 6 nitrogen and oxygen atoms in total. The van der Waals surface area contributed by atoms with Gasteiger partial charge in [-0.25, -0.2) is 4.99 Å². The van der Waals surface area contributed by atoms with E-state index in [-0.39, 0.29) is 5.76 Å². The van der Waals surface area contributed by atoms with Crippen LogP contribution in [0.2, 0.25) is 0 Å². The molecule has 1 amide bonds. The number of amides is 1. The molecule has 0 aliphatic rings. The van der Waals surface area contributed by atoms with E-state index < -0.39 is 5.91 Å². The predicted octanol–water partition coefficient (Wildman–Crippen LogP) is 2.55. The van der Waals surface area contributed by atoms with Crippen molar-refractivity contribution in [2.24, 2.45) is 10.7 Å². The van der Waals surface area contributed by atoms with Crippen molar-refractivity contribution in [1.82, 2.24) is 10.6 Å². The van der Waals surface area contributed by atoms with Crippen LogP contribution in [0.25, 0.3) is 0 Å². The van der Waals surface area contributed by atoms with E-state index in [9.17, 15) is 4.79 Å². The highest BCUT2D eigenvalue weighted by Gasteiger charge is 2.08. The Morgan fingerprint density at radius 2 is 1.92 bits per heavy atom. The maximum Gasteiger partial charge on any atom is 0.284 e. The minimum atomic E-state index is -0.577. The molecule has 1 aromatic heterocycles. The summed E-state index contributed by atoms with van der Waals surface area (Å²) in [6.45, 7) is 8.13. The van der Waals surface area contributed by atoms with Crippen molar-refractivity contribution in [2.45, 2.75) is 33.2 Å². The lowest BCUT2D eigenvalue weighted by molar-refractivity contribution is 0.0972. The summed E-state index contributed by atoms with van der Waals surface area (Å²) in [5.41, 5.74) is 7.72. The zero-order valence-electron chi connectivity index (χ0n) is 15.0. The van der Waals surface area contributed by atoms with E-state index in [1.807, 2.05) is 6.92 Å². The number of aliphatic imine (C=N–C) groups is 1. The lowest BCUT2D eigenvalue weighted by Crippen LogP contribution is -2.39. The Morgan fingerprint density at radius 1 is 1.20 bits per heavy atom. The van der Waals surface area contributed by atoms with Crippen LogP contribution >= 0.6 is 0 Å². The zero-order valence-corrected chi connectivity index (χ0v) is 15.0. The van der Waals surface area contributed by atoms with Crippen LogP contribution in [0.3, 0.4) is 0 Å². The summed E-state index contributed by atoms with van der Waals surface area (Å²) in [6.07, 6.45) is 0. The Bertz CT molecular complexity index is 719. The van der Waals surface area contributed by atoms with Crippen molar-refractivity contribution in [2.75, 3.05) is 13.1 Å². The quantitative estimate of drug-likeness (QED) is 0.532. The fraction of sp³-hybridized carbons (Fsp3) is 0.368.